The predicted octanol–water partition coefficient (Wildman–Crippen LogP) is 0.999. The van der Waals surface area contributed by atoms with Crippen LogP contribution in [0.15, 0.2) is 28.7 Å². The fourth-order valence-corrected chi connectivity index (χ4v) is 1.85. The second-order valence-corrected chi connectivity index (χ2v) is 4.01. The van der Waals surface area contributed by atoms with Crippen molar-refractivity contribution in [1.29, 1.82) is 0 Å². The van der Waals surface area contributed by atoms with Crippen LogP contribution in [-0.2, 0) is 0 Å². The molecule has 0 unspecified atom stereocenters. The number of hydrogen-bond acceptors (Lipinski definition) is 4. The van der Waals surface area contributed by atoms with Crippen LogP contribution in [0.1, 0.15) is 10.6 Å². The molecule has 5 nitrogen and oxygen atoms in total. The van der Waals surface area contributed by atoms with Crippen molar-refractivity contribution in [2.45, 2.75) is 0 Å². The van der Waals surface area contributed by atoms with Gasteiger partial charge in [-0.15, -0.1) is 0 Å². The molecule has 0 saturated carbocycles. The van der Waals surface area contributed by atoms with Gasteiger partial charge < -0.3 is 19.5 Å². The number of aliphatic hydroxyl groups excluding tert-OH is 2. The molecule has 1 heterocycles. The third kappa shape index (κ3) is 2.74. The van der Waals surface area contributed by atoms with Crippen molar-refractivity contribution in [3.63, 3.8) is 0 Å². The van der Waals surface area contributed by atoms with E-state index in [0.717, 1.165) is 0 Å². The fraction of sp³-hybridized carbons (Fsp3) is 0.308. The first-order chi connectivity index (χ1) is 9.17. The van der Waals surface area contributed by atoms with Gasteiger partial charge in [0.1, 0.15) is 0 Å². The van der Waals surface area contributed by atoms with Gasteiger partial charge >= 0.3 is 0 Å². The second kappa shape index (κ2) is 5.81. The van der Waals surface area contributed by atoms with Crippen LogP contribution in [0.4, 0.5) is 4.39 Å². The number of para-hydroxylation sites is 1. The van der Waals surface area contributed by atoms with E-state index < -0.39 is 11.7 Å². The fourth-order valence-electron chi connectivity index (χ4n) is 1.85. The molecule has 0 radical (unpaired) electrons. The van der Waals surface area contributed by atoms with Crippen LogP contribution in [0, 0.1) is 5.82 Å². The van der Waals surface area contributed by atoms with Gasteiger partial charge in [-0.2, -0.15) is 0 Å². The highest BCUT2D eigenvalue weighted by atomic mass is 19.1. The quantitative estimate of drug-likeness (QED) is 0.847. The summed E-state index contributed by atoms with van der Waals surface area (Å²) < 4.78 is 18.7. The van der Waals surface area contributed by atoms with E-state index >= 15 is 0 Å². The Morgan fingerprint density at radius 3 is 2.53 bits per heavy atom. The molecule has 2 aromatic rings. The van der Waals surface area contributed by atoms with Gasteiger partial charge in [0.25, 0.3) is 5.91 Å². The topological polar surface area (TPSA) is 73.9 Å². The molecule has 0 saturated heterocycles. The van der Waals surface area contributed by atoms with E-state index in [4.69, 9.17) is 14.6 Å². The molecule has 6 heteroatoms. The normalized spacial score (nSPS) is 10.9. The molecular weight excluding hydrogens is 253 g/mol. The highest BCUT2D eigenvalue weighted by Gasteiger charge is 2.20. The number of amides is 1. The van der Waals surface area contributed by atoms with Crippen molar-refractivity contribution < 1.29 is 23.8 Å². The van der Waals surface area contributed by atoms with E-state index in [1.54, 1.807) is 6.07 Å². The van der Waals surface area contributed by atoms with Gasteiger partial charge in [-0.1, -0.05) is 12.1 Å². The van der Waals surface area contributed by atoms with Gasteiger partial charge in [-0.25, -0.2) is 4.39 Å². The summed E-state index contributed by atoms with van der Waals surface area (Å²) in [4.78, 5) is 13.3. The lowest BCUT2D eigenvalue weighted by Gasteiger charge is -2.18. The number of aliphatic hydroxyl groups is 2. The minimum atomic E-state index is -0.535. The van der Waals surface area contributed by atoms with Crippen molar-refractivity contribution in [3.8, 4) is 0 Å². The van der Waals surface area contributed by atoms with Crippen molar-refractivity contribution in [3.05, 3.63) is 35.8 Å². The van der Waals surface area contributed by atoms with Gasteiger partial charge in [-0.05, 0) is 12.1 Å². The van der Waals surface area contributed by atoms with Crippen LogP contribution in [0.25, 0.3) is 11.0 Å². The molecule has 1 aromatic carbocycles. The first-order valence-electron chi connectivity index (χ1n) is 5.86. The van der Waals surface area contributed by atoms with Crippen molar-refractivity contribution in [2.75, 3.05) is 26.3 Å². The first-order valence-corrected chi connectivity index (χ1v) is 5.86. The van der Waals surface area contributed by atoms with Gasteiger partial charge in [0.15, 0.2) is 17.2 Å². The number of benzene rings is 1. The summed E-state index contributed by atoms with van der Waals surface area (Å²) in [5.41, 5.74) is 0.0267. The molecule has 1 amide bonds. The lowest BCUT2D eigenvalue weighted by molar-refractivity contribution is 0.0655. The Kier molecular flexibility index (Phi) is 4.13. The van der Waals surface area contributed by atoms with Gasteiger partial charge in [0, 0.05) is 18.5 Å². The zero-order valence-corrected chi connectivity index (χ0v) is 10.2. The highest BCUT2D eigenvalue weighted by molar-refractivity contribution is 5.96. The number of halogens is 1. The van der Waals surface area contributed by atoms with Crippen LogP contribution in [0.2, 0.25) is 0 Å². The summed E-state index contributed by atoms with van der Waals surface area (Å²) in [6.45, 7) is -0.279. The van der Waals surface area contributed by atoms with E-state index in [-0.39, 0.29) is 37.6 Å². The van der Waals surface area contributed by atoms with Crippen LogP contribution in [0.5, 0.6) is 0 Å². The molecule has 0 aliphatic carbocycles. The molecule has 0 bridgehead atoms. The Labute approximate surface area is 108 Å². The maximum atomic E-state index is 13.5. The number of rotatable bonds is 5. The minimum Gasteiger partial charge on any atom is -0.448 e. The molecule has 0 aliphatic heterocycles. The molecule has 102 valence electrons. The zero-order chi connectivity index (χ0) is 13.8. The standard InChI is InChI=1S/C13H14FNO4/c14-10-3-1-2-9-8-11(19-12(9)10)13(18)15(4-6-16)5-7-17/h1-3,8,16-17H,4-7H2. The van der Waals surface area contributed by atoms with Crippen molar-refractivity contribution in [1.82, 2.24) is 4.90 Å². The lowest BCUT2D eigenvalue weighted by Crippen LogP contribution is -2.35. The maximum absolute atomic E-state index is 13.5. The first kappa shape index (κ1) is 13.5. The number of hydrogen-bond donors (Lipinski definition) is 2. The number of fused-ring (bicyclic) bond motifs is 1. The Balaban J connectivity index is 2.32. The molecule has 0 spiro atoms. The number of carbonyl (C=O) groups excluding carboxylic acids is 1. The van der Waals surface area contributed by atoms with Crippen LogP contribution < -0.4 is 0 Å². The average molecular weight is 267 g/mol. The maximum Gasteiger partial charge on any atom is 0.289 e. The third-order valence-corrected chi connectivity index (χ3v) is 2.73. The average Bonchev–Trinajstić information content (AvgIpc) is 2.83. The highest BCUT2D eigenvalue weighted by Crippen LogP contribution is 2.22. The summed E-state index contributed by atoms with van der Waals surface area (Å²) in [6.07, 6.45) is 0. The van der Waals surface area contributed by atoms with Gasteiger partial charge in [0.2, 0.25) is 0 Å². The number of carbonyl (C=O) groups is 1. The largest absolute Gasteiger partial charge is 0.448 e. The van der Waals surface area contributed by atoms with Gasteiger partial charge in [-0.3, -0.25) is 4.79 Å². The molecule has 0 fully saturated rings. The monoisotopic (exact) mass is 267 g/mol. The Morgan fingerprint density at radius 2 is 1.95 bits per heavy atom. The SMILES string of the molecule is O=C(c1cc2cccc(F)c2o1)N(CCO)CCO. The number of nitrogens with zero attached hydrogens (tertiary/aromatic N) is 1. The van der Waals surface area contributed by atoms with Gasteiger partial charge in [0.05, 0.1) is 13.2 Å². The van der Waals surface area contributed by atoms with E-state index in [2.05, 4.69) is 0 Å². The summed E-state index contributed by atoms with van der Waals surface area (Å²) >= 11 is 0. The van der Waals surface area contributed by atoms with Crippen LogP contribution in [0.3, 0.4) is 0 Å². The molecule has 0 atom stereocenters. The molecular formula is C13H14FNO4. The smallest absolute Gasteiger partial charge is 0.289 e. The summed E-state index contributed by atoms with van der Waals surface area (Å²) in [7, 11) is 0. The van der Waals surface area contributed by atoms with Crippen LogP contribution >= 0.6 is 0 Å². The zero-order valence-electron chi connectivity index (χ0n) is 10.2. The van der Waals surface area contributed by atoms with Crippen molar-refractivity contribution >= 4 is 16.9 Å². The molecule has 0 aliphatic rings. The minimum absolute atomic E-state index is 0.0120. The summed E-state index contributed by atoms with van der Waals surface area (Å²) in [5.74, 6) is -1.03. The van der Waals surface area contributed by atoms with Crippen LogP contribution in [-0.4, -0.2) is 47.3 Å². The molecule has 2 rings (SSSR count). The van der Waals surface area contributed by atoms with Crippen molar-refractivity contribution in [2.24, 2.45) is 0 Å². The van der Waals surface area contributed by atoms with E-state index in [1.165, 1.54) is 23.1 Å². The van der Waals surface area contributed by atoms with E-state index in [1.807, 2.05) is 0 Å². The van der Waals surface area contributed by atoms with E-state index in [9.17, 15) is 9.18 Å². The molecule has 1 aromatic heterocycles. The third-order valence-electron chi connectivity index (χ3n) is 2.73. The predicted molar refractivity (Wildman–Crippen MR) is 66.2 cm³/mol. The second-order valence-electron chi connectivity index (χ2n) is 4.01. The summed E-state index contributed by atoms with van der Waals surface area (Å²) in [6, 6.07) is 5.86. The Hall–Kier alpha value is -1.92. The lowest BCUT2D eigenvalue weighted by atomic mass is 10.2. The number of furan rings is 1. The summed E-state index contributed by atoms with van der Waals surface area (Å²) in [5, 5.41) is 18.3. The van der Waals surface area contributed by atoms with E-state index in [0.29, 0.717) is 5.39 Å². The molecule has 19 heavy (non-hydrogen) atoms. The Morgan fingerprint density at radius 1 is 1.26 bits per heavy atom. The Bertz CT molecular complexity index is 575. The molecule has 2 N–H and O–H groups in total.